The number of carbonyl (C=O) groups excluding carboxylic acids is 1. The number of carboxylic acid groups (broad SMARTS) is 1. The monoisotopic (exact) mass is 594 g/mol. The van der Waals surface area contributed by atoms with Crippen LogP contribution in [0.3, 0.4) is 0 Å². The summed E-state index contributed by atoms with van der Waals surface area (Å²) in [5, 5.41) is 32.3. The molecule has 4 N–H and O–H groups in total. The van der Waals surface area contributed by atoms with Crippen molar-refractivity contribution in [2.45, 2.75) is 57.8 Å². The van der Waals surface area contributed by atoms with Gasteiger partial charge in [0.05, 0.1) is 18.6 Å². The molecule has 4 rings (SSSR count). The first-order valence-corrected chi connectivity index (χ1v) is 13.9. The van der Waals surface area contributed by atoms with E-state index in [4.69, 9.17) is 5.11 Å². The van der Waals surface area contributed by atoms with Gasteiger partial charge in [0.25, 0.3) is 5.91 Å². The van der Waals surface area contributed by atoms with Crippen LogP contribution in [0.25, 0.3) is 22.3 Å². The first-order valence-electron chi connectivity index (χ1n) is 13.9. The van der Waals surface area contributed by atoms with Crippen molar-refractivity contribution in [2.75, 3.05) is 5.32 Å². The topological polar surface area (TPSA) is 112 Å². The second kappa shape index (κ2) is 13.7. The van der Waals surface area contributed by atoms with Crippen molar-refractivity contribution in [2.24, 2.45) is 0 Å². The largest absolute Gasteiger partial charge is 0.481 e. The molecule has 4 aromatic rings. The Balaban J connectivity index is 1.91. The molecule has 0 saturated carbocycles. The van der Waals surface area contributed by atoms with Crippen LogP contribution in [-0.2, 0) is 11.2 Å². The van der Waals surface area contributed by atoms with Crippen LogP contribution in [0.2, 0.25) is 0 Å². The Kier molecular flexibility index (Phi) is 10.1. The molecule has 1 aromatic heterocycles. The summed E-state index contributed by atoms with van der Waals surface area (Å²) >= 11 is 0. The van der Waals surface area contributed by atoms with Gasteiger partial charge in [-0.15, -0.1) is 0 Å². The third-order valence-corrected chi connectivity index (χ3v) is 7.02. The molecule has 2 atom stereocenters. The molecule has 0 saturated heterocycles. The predicted octanol–water partition coefficient (Wildman–Crippen LogP) is 6.59. The van der Waals surface area contributed by atoms with E-state index in [2.05, 4.69) is 5.32 Å². The molecule has 43 heavy (non-hydrogen) atoms. The summed E-state index contributed by atoms with van der Waals surface area (Å²) < 4.78 is 43.8. The summed E-state index contributed by atoms with van der Waals surface area (Å²) in [5.74, 6) is -3.99. The van der Waals surface area contributed by atoms with E-state index in [1.54, 1.807) is 28.8 Å². The van der Waals surface area contributed by atoms with E-state index in [1.807, 2.05) is 32.0 Å². The molecule has 3 aromatic carbocycles. The fourth-order valence-electron chi connectivity index (χ4n) is 5.33. The lowest BCUT2D eigenvalue weighted by molar-refractivity contribution is -0.139. The molecule has 0 aliphatic carbocycles. The maximum atomic E-state index is 14.0. The molecular formula is C33H33F3N2O5. The fraction of sp³-hybridized carbons (Fsp3) is 0.273. The van der Waals surface area contributed by atoms with E-state index in [-0.39, 0.29) is 36.7 Å². The lowest BCUT2D eigenvalue weighted by Gasteiger charge is -2.20. The standard InChI is InChI=1S/C33H33F3N2O5/c1-19(2)38-28(13-12-26(39)17-27(40)18-29(41)42)30(21-8-10-22(34)11-9-21)31(20-6-4-3-5-7-20)32(38)33(43)37-25-15-23(35)14-24(36)16-25/h3-11,14-16,19,26-27,39-40H,12-13,17-18H2,1-2H3,(H,37,43)(H,41,42)/t26-,27-/m1/s1. The van der Waals surface area contributed by atoms with Crippen LogP contribution in [0.15, 0.2) is 72.8 Å². The zero-order valence-electron chi connectivity index (χ0n) is 23.7. The van der Waals surface area contributed by atoms with Crippen LogP contribution in [0.5, 0.6) is 0 Å². The summed E-state index contributed by atoms with van der Waals surface area (Å²) in [6, 6.07) is 17.2. The van der Waals surface area contributed by atoms with Crippen LogP contribution in [0.1, 0.15) is 55.3 Å². The van der Waals surface area contributed by atoms with Crippen molar-refractivity contribution < 1.29 is 38.1 Å². The number of aromatic nitrogens is 1. The highest BCUT2D eigenvalue weighted by atomic mass is 19.1. The van der Waals surface area contributed by atoms with E-state index in [0.717, 1.165) is 12.1 Å². The molecule has 0 radical (unpaired) electrons. The Morgan fingerprint density at radius 1 is 0.814 bits per heavy atom. The van der Waals surface area contributed by atoms with Crippen LogP contribution in [-0.4, -0.2) is 44.0 Å². The molecule has 1 amide bonds. The van der Waals surface area contributed by atoms with Gasteiger partial charge in [-0.2, -0.15) is 0 Å². The Labute approximate surface area is 247 Å². The lowest BCUT2D eigenvalue weighted by atomic mass is 9.92. The Hall–Kier alpha value is -4.41. The number of aliphatic hydroxyl groups excluding tert-OH is 2. The van der Waals surface area contributed by atoms with Gasteiger partial charge < -0.3 is 25.2 Å². The first kappa shape index (κ1) is 31.5. The normalized spacial score (nSPS) is 12.7. The van der Waals surface area contributed by atoms with Crippen molar-refractivity contribution in [1.82, 2.24) is 4.57 Å². The van der Waals surface area contributed by atoms with Gasteiger partial charge in [0.2, 0.25) is 0 Å². The van der Waals surface area contributed by atoms with Gasteiger partial charge in [0.15, 0.2) is 0 Å². The first-order chi connectivity index (χ1) is 20.4. The highest BCUT2D eigenvalue weighted by Crippen LogP contribution is 2.43. The zero-order chi connectivity index (χ0) is 31.3. The number of halogens is 3. The van der Waals surface area contributed by atoms with E-state index in [9.17, 15) is 33.0 Å². The minimum absolute atomic E-state index is 0.0780. The molecule has 0 unspecified atom stereocenters. The van der Waals surface area contributed by atoms with Crippen molar-refractivity contribution in [3.63, 3.8) is 0 Å². The fourth-order valence-corrected chi connectivity index (χ4v) is 5.33. The predicted molar refractivity (Wildman–Crippen MR) is 157 cm³/mol. The number of anilines is 1. The Morgan fingerprint density at radius 2 is 1.42 bits per heavy atom. The minimum atomic E-state index is -1.24. The number of hydrogen-bond acceptors (Lipinski definition) is 4. The van der Waals surface area contributed by atoms with Crippen LogP contribution >= 0.6 is 0 Å². The van der Waals surface area contributed by atoms with E-state index < -0.39 is 48.0 Å². The molecule has 0 aliphatic heterocycles. The third kappa shape index (κ3) is 7.71. The molecule has 226 valence electrons. The summed E-state index contributed by atoms with van der Waals surface area (Å²) in [4.78, 5) is 25.0. The van der Waals surface area contributed by atoms with Gasteiger partial charge in [-0.25, -0.2) is 13.2 Å². The maximum Gasteiger partial charge on any atom is 0.305 e. The second-order valence-corrected chi connectivity index (χ2v) is 10.7. The van der Waals surface area contributed by atoms with Crippen LogP contribution in [0, 0.1) is 17.5 Å². The van der Waals surface area contributed by atoms with Crippen LogP contribution in [0.4, 0.5) is 18.9 Å². The number of carboxylic acids is 1. The molecular weight excluding hydrogens is 561 g/mol. The number of aliphatic hydroxyl groups is 2. The number of aliphatic carboxylic acids is 1. The number of carbonyl (C=O) groups is 2. The summed E-state index contributed by atoms with van der Waals surface area (Å²) in [6.45, 7) is 3.72. The van der Waals surface area contributed by atoms with Crippen molar-refractivity contribution in [1.29, 1.82) is 0 Å². The van der Waals surface area contributed by atoms with Gasteiger partial charge in [-0.05, 0) is 68.5 Å². The average molecular weight is 595 g/mol. The minimum Gasteiger partial charge on any atom is -0.481 e. The van der Waals surface area contributed by atoms with Gasteiger partial charge in [0.1, 0.15) is 23.1 Å². The van der Waals surface area contributed by atoms with Gasteiger partial charge in [-0.3, -0.25) is 9.59 Å². The Bertz CT molecular complexity index is 1570. The summed E-state index contributed by atoms with van der Waals surface area (Å²) in [5.41, 5.74) is 3.12. The highest BCUT2D eigenvalue weighted by molar-refractivity contribution is 6.11. The van der Waals surface area contributed by atoms with E-state index in [0.29, 0.717) is 34.0 Å². The number of benzene rings is 3. The number of amides is 1. The van der Waals surface area contributed by atoms with E-state index >= 15 is 0 Å². The molecule has 0 fully saturated rings. The Morgan fingerprint density at radius 3 is 2.00 bits per heavy atom. The molecule has 0 bridgehead atoms. The molecule has 0 spiro atoms. The lowest BCUT2D eigenvalue weighted by Crippen LogP contribution is -2.23. The third-order valence-electron chi connectivity index (χ3n) is 7.02. The quantitative estimate of drug-likeness (QED) is 0.148. The number of hydrogen-bond donors (Lipinski definition) is 4. The number of nitrogens with one attached hydrogen (secondary N) is 1. The smallest absolute Gasteiger partial charge is 0.305 e. The van der Waals surface area contributed by atoms with Gasteiger partial charge in [-0.1, -0.05) is 42.5 Å². The zero-order valence-corrected chi connectivity index (χ0v) is 23.7. The SMILES string of the molecule is CC(C)n1c(CC[C@@H](O)C[C@@H](O)CC(=O)O)c(-c2ccc(F)cc2)c(-c2ccccc2)c1C(=O)Nc1cc(F)cc(F)c1. The number of nitrogens with zero attached hydrogens (tertiary/aromatic N) is 1. The molecule has 0 aliphatic rings. The van der Waals surface area contributed by atoms with Crippen molar-refractivity contribution in [3.05, 3.63) is 102 Å². The molecule has 1 heterocycles. The second-order valence-electron chi connectivity index (χ2n) is 10.7. The molecule has 7 nitrogen and oxygen atoms in total. The van der Waals surface area contributed by atoms with Crippen molar-refractivity contribution in [3.8, 4) is 22.3 Å². The van der Waals surface area contributed by atoms with Crippen LogP contribution < -0.4 is 5.32 Å². The summed E-state index contributed by atoms with van der Waals surface area (Å²) in [7, 11) is 0. The highest BCUT2D eigenvalue weighted by Gasteiger charge is 2.30. The number of rotatable bonds is 12. The van der Waals surface area contributed by atoms with Gasteiger partial charge >= 0.3 is 5.97 Å². The van der Waals surface area contributed by atoms with Crippen molar-refractivity contribution >= 4 is 17.6 Å². The average Bonchev–Trinajstić information content (AvgIpc) is 3.27. The maximum absolute atomic E-state index is 14.0. The molecule has 10 heteroatoms. The summed E-state index contributed by atoms with van der Waals surface area (Å²) in [6.07, 6.45) is -2.65. The van der Waals surface area contributed by atoms with Gasteiger partial charge in [0, 0.05) is 34.6 Å². The van der Waals surface area contributed by atoms with E-state index in [1.165, 1.54) is 12.1 Å².